The van der Waals surface area contributed by atoms with Crippen LogP contribution in [-0.2, 0) is 0 Å². The standard InChI is InChI=1S/C14H20N4O/c1-11-8-17-12(9-16-11)13(19)18-7-4-14(10-18)2-5-15-6-3-14/h8-9,15H,2-7,10H2,1H3. The van der Waals surface area contributed by atoms with Crippen LogP contribution in [0.3, 0.4) is 0 Å². The van der Waals surface area contributed by atoms with E-state index in [1.54, 1.807) is 12.4 Å². The molecule has 5 nitrogen and oxygen atoms in total. The Balaban J connectivity index is 1.70. The molecule has 19 heavy (non-hydrogen) atoms. The summed E-state index contributed by atoms with van der Waals surface area (Å²) in [7, 11) is 0. The molecule has 3 rings (SSSR count). The molecule has 1 spiro atoms. The molecule has 0 unspecified atom stereocenters. The summed E-state index contributed by atoms with van der Waals surface area (Å²) in [6.07, 6.45) is 6.72. The number of amides is 1. The number of likely N-dealkylation sites (tertiary alicyclic amines) is 1. The highest BCUT2D eigenvalue weighted by atomic mass is 16.2. The fourth-order valence-electron chi connectivity index (χ4n) is 3.14. The number of carbonyl (C=O) groups is 1. The van der Waals surface area contributed by atoms with Crippen molar-refractivity contribution in [3.05, 3.63) is 23.8 Å². The minimum absolute atomic E-state index is 0.0305. The second-order valence-electron chi connectivity index (χ2n) is 5.77. The summed E-state index contributed by atoms with van der Waals surface area (Å²) >= 11 is 0. The molecule has 102 valence electrons. The second kappa shape index (κ2) is 4.89. The third kappa shape index (κ3) is 2.47. The summed E-state index contributed by atoms with van der Waals surface area (Å²) in [6, 6.07) is 0. The highest BCUT2D eigenvalue weighted by molar-refractivity contribution is 5.92. The molecule has 3 heterocycles. The topological polar surface area (TPSA) is 58.1 Å². The van der Waals surface area contributed by atoms with E-state index in [0.29, 0.717) is 11.1 Å². The Morgan fingerprint density at radius 3 is 2.74 bits per heavy atom. The molecule has 2 saturated heterocycles. The zero-order chi connectivity index (χ0) is 13.3. The monoisotopic (exact) mass is 260 g/mol. The van der Waals surface area contributed by atoms with Gasteiger partial charge in [-0.1, -0.05) is 0 Å². The zero-order valence-corrected chi connectivity index (χ0v) is 11.4. The van der Waals surface area contributed by atoms with Crippen molar-refractivity contribution in [1.82, 2.24) is 20.2 Å². The first-order valence-electron chi connectivity index (χ1n) is 6.97. The van der Waals surface area contributed by atoms with Crippen LogP contribution in [0.15, 0.2) is 12.4 Å². The average molecular weight is 260 g/mol. The molecule has 5 heteroatoms. The van der Waals surface area contributed by atoms with E-state index in [4.69, 9.17) is 0 Å². The van der Waals surface area contributed by atoms with E-state index in [0.717, 1.165) is 38.3 Å². The van der Waals surface area contributed by atoms with Gasteiger partial charge in [-0.3, -0.25) is 9.78 Å². The summed E-state index contributed by atoms with van der Waals surface area (Å²) in [4.78, 5) is 22.7. The van der Waals surface area contributed by atoms with Crippen molar-refractivity contribution >= 4 is 5.91 Å². The Bertz CT molecular complexity index is 465. The molecule has 0 atom stereocenters. The Morgan fingerprint density at radius 2 is 2.05 bits per heavy atom. The summed E-state index contributed by atoms with van der Waals surface area (Å²) in [5, 5.41) is 3.39. The number of rotatable bonds is 1. The number of aryl methyl sites for hydroxylation is 1. The Kier molecular flexibility index (Phi) is 3.22. The van der Waals surface area contributed by atoms with Crippen LogP contribution in [-0.4, -0.2) is 47.0 Å². The third-order valence-corrected chi connectivity index (χ3v) is 4.39. The molecule has 0 aromatic carbocycles. The van der Waals surface area contributed by atoms with Crippen LogP contribution in [0.4, 0.5) is 0 Å². The molecule has 0 saturated carbocycles. The van der Waals surface area contributed by atoms with Gasteiger partial charge in [0.2, 0.25) is 0 Å². The van der Waals surface area contributed by atoms with Gasteiger partial charge >= 0.3 is 0 Å². The van der Waals surface area contributed by atoms with Crippen LogP contribution >= 0.6 is 0 Å². The fraction of sp³-hybridized carbons (Fsp3) is 0.643. The van der Waals surface area contributed by atoms with E-state index >= 15 is 0 Å². The first-order chi connectivity index (χ1) is 9.19. The quantitative estimate of drug-likeness (QED) is 0.818. The zero-order valence-electron chi connectivity index (χ0n) is 11.4. The Labute approximate surface area is 113 Å². The summed E-state index contributed by atoms with van der Waals surface area (Å²) < 4.78 is 0. The lowest BCUT2D eigenvalue weighted by atomic mass is 9.78. The van der Waals surface area contributed by atoms with Gasteiger partial charge in [-0.25, -0.2) is 4.98 Å². The maximum Gasteiger partial charge on any atom is 0.274 e. The predicted octanol–water partition coefficient (Wildman–Crippen LogP) is 1.00. The molecular weight excluding hydrogens is 240 g/mol. The molecule has 2 fully saturated rings. The molecule has 1 aromatic rings. The second-order valence-corrected chi connectivity index (χ2v) is 5.77. The Morgan fingerprint density at radius 1 is 1.26 bits per heavy atom. The van der Waals surface area contributed by atoms with Gasteiger partial charge in [-0.05, 0) is 44.7 Å². The number of nitrogens with zero attached hydrogens (tertiary/aromatic N) is 3. The van der Waals surface area contributed by atoms with E-state index < -0.39 is 0 Å². The van der Waals surface area contributed by atoms with Crippen LogP contribution < -0.4 is 5.32 Å². The maximum absolute atomic E-state index is 12.4. The van der Waals surface area contributed by atoms with E-state index in [2.05, 4.69) is 15.3 Å². The van der Waals surface area contributed by atoms with Crippen LogP contribution in [0.1, 0.15) is 35.4 Å². The fourth-order valence-corrected chi connectivity index (χ4v) is 3.14. The van der Waals surface area contributed by atoms with Crippen molar-refractivity contribution < 1.29 is 4.79 Å². The molecule has 0 bridgehead atoms. The number of aromatic nitrogens is 2. The molecule has 1 amide bonds. The molecule has 1 N–H and O–H groups in total. The highest BCUT2D eigenvalue weighted by Crippen LogP contribution is 2.38. The van der Waals surface area contributed by atoms with Crippen LogP contribution in [0.25, 0.3) is 0 Å². The number of hydrogen-bond acceptors (Lipinski definition) is 4. The third-order valence-electron chi connectivity index (χ3n) is 4.39. The van der Waals surface area contributed by atoms with E-state index in [1.807, 2.05) is 11.8 Å². The van der Waals surface area contributed by atoms with Crippen molar-refractivity contribution in [2.75, 3.05) is 26.2 Å². The largest absolute Gasteiger partial charge is 0.337 e. The van der Waals surface area contributed by atoms with Gasteiger partial charge in [0, 0.05) is 19.3 Å². The Hall–Kier alpha value is -1.49. The number of hydrogen-bond donors (Lipinski definition) is 1. The van der Waals surface area contributed by atoms with Crippen LogP contribution in [0.5, 0.6) is 0 Å². The van der Waals surface area contributed by atoms with Crippen molar-refractivity contribution in [3.63, 3.8) is 0 Å². The lowest BCUT2D eigenvalue weighted by Crippen LogP contribution is -2.39. The van der Waals surface area contributed by atoms with Gasteiger partial charge in [0.15, 0.2) is 0 Å². The van der Waals surface area contributed by atoms with Gasteiger partial charge in [0.05, 0.1) is 11.9 Å². The lowest BCUT2D eigenvalue weighted by molar-refractivity contribution is 0.0755. The van der Waals surface area contributed by atoms with Crippen LogP contribution in [0.2, 0.25) is 0 Å². The van der Waals surface area contributed by atoms with Gasteiger partial charge in [0.25, 0.3) is 5.91 Å². The minimum Gasteiger partial charge on any atom is -0.337 e. The van der Waals surface area contributed by atoms with Crippen molar-refractivity contribution in [2.45, 2.75) is 26.2 Å². The van der Waals surface area contributed by atoms with E-state index in [9.17, 15) is 4.79 Å². The predicted molar refractivity (Wildman–Crippen MR) is 71.8 cm³/mol. The number of nitrogens with one attached hydrogen (secondary N) is 1. The smallest absolute Gasteiger partial charge is 0.274 e. The highest BCUT2D eigenvalue weighted by Gasteiger charge is 2.40. The van der Waals surface area contributed by atoms with Gasteiger partial charge < -0.3 is 10.2 Å². The van der Waals surface area contributed by atoms with Crippen molar-refractivity contribution in [2.24, 2.45) is 5.41 Å². The van der Waals surface area contributed by atoms with E-state index in [-0.39, 0.29) is 5.91 Å². The average Bonchev–Trinajstić information content (AvgIpc) is 2.83. The minimum atomic E-state index is 0.0305. The molecule has 0 radical (unpaired) electrons. The number of piperidine rings is 1. The SMILES string of the molecule is Cc1cnc(C(=O)N2CCC3(CCNCC3)C2)cn1. The van der Waals surface area contributed by atoms with Crippen molar-refractivity contribution in [3.8, 4) is 0 Å². The van der Waals surface area contributed by atoms with Gasteiger partial charge in [0.1, 0.15) is 5.69 Å². The molecule has 2 aliphatic heterocycles. The first-order valence-corrected chi connectivity index (χ1v) is 6.97. The lowest BCUT2D eigenvalue weighted by Gasteiger charge is -2.33. The molecular formula is C14H20N4O. The summed E-state index contributed by atoms with van der Waals surface area (Å²) in [5.74, 6) is 0.0305. The molecule has 1 aromatic heterocycles. The van der Waals surface area contributed by atoms with Crippen molar-refractivity contribution in [1.29, 1.82) is 0 Å². The maximum atomic E-state index is 12.4. The van der Waals surface area contributed by atoms with E-state index in [1.165, 1.54) is 12.8 Å². The summed E-state index contributed by atoms with van der Waals surface area (Å²) in [6.45, 7) is 5.76. The molecule has 0 aliphatic carbocycles. The van der Waals surface area contributed by atoms with Crippen LogP contribution in [0, 0.1) is 12.3 Å². The normalized spacial score (nSPS) is 21.8. The first kappa shape index (κ1) is 12.5. The molecule has 2 aliphatic rings. The van der Waals surface area contributed by atoms with Gasteiger partial charge in [-0.15, -0.1) is 0 Å². The summed E-state index contributed by atoms with van der Waals surface area (Å²) in [5.41, 5.74) is 1.66. The van der Waals surface area contributed by atoms with Gasteiger partial charge in [-0.2, -0.15) is 0 Å². The number of carbonyl (C=O) groups excluding carboxylic acids is 1.